The molecule has 0 aliphatic carbocycles. The van der Waals surface area contributed by atoms with E-state index in [2.05, 4.69) is 20.5 Å². The number of nitrogens with one attached hydrogen (secondary N) is 1. The van der Waals surface area contributed by atoms with Crippen LogP contribution in [0.2, 0.25) is 0 Å². The van der Waals surface area contributed by atoms with Gasteiger partial charge in [-0.1, -0.05) is 34.6 Å². The van der Waals surface area contributed by atoms with Gasteiger partial charge < -0.3 is 9.73 Å². The highest BCUT2D eigenvalue weighted by Crippen LogP contribution is 2.21. The number of aromatic nitrogens is 4. The first-order valence-electron chi connectivity index (χ1n) is 10.5. The maximum atomic E-state index is 13.3. The lowest BCUT2D eigenvalue weighted by Gasteiger charge is -2.20. The van der Waals surface area contributed by atoms with Gasteiger partial charge in [0.05, 0.1) is 6.04 Å². The number of hydrogen-bond donors (Lipinski definition) is 1. The highest BCUT2D eigenvalue weighted by molar-refractivity contribution is 5.98. The van der Waals surface area contributed by atoms with Crippen LogP contribution in [-0.2, 0) is 16.8 Å². The van der Waals surface area contributed by atoms with Crippen LogP contribution in [0, 0.1) is 11.7 Å². The maximum absolute atomic E-state index is 13.3. The third kappa shape index (κ3) is 5.57. The van der Waals surface area contributed by atoms with E-state index in [0.717, 1.165) is 4.57 Å². The standard InChI is InChI=1S/C23H26FN5O4/c1-13(2)18(19(32)21-27-28-22(33-21)23(3,4)5)26-16(30)12-29-17(31)10-11-25-20(29)14-6-8-15(24)9-7-14/h6-11,13,18H,12H2,1-5H3,(H,26,30). The van der Waals surface area contributed by atoms with Crippen molar-refractivity contribution in [2.75, 3.05) is 0 Å². The van der Waals surface area contributed by atoms with Crippen molar-refractivity contribution < 1.29 is 18.4 Å². The van der Waals surface area contributed by atoms with Crippen molar-refractivity contribution in [3.05, 3.63) is 64.5 Å². The number of ketones is 1. The lowest BCUT2D eigenvalue weighted by molar-refractivity contribution is -0.122. The van der Waals surface area contributed by atoms with E-state index in [0.29, 0.717) is 11.5 Å². The number of Topliss-reactive ketones (excluding diaryl/α,β-unsaturated/α-hetero) is 1. The predicted molar refractivity (Wildman–Crippen MR) is 118 cm³/mol. The Morgan fingerprint density at radius 3 is 2.36 bits per heavy atom. The van der Waals surface area contributed by atoms with E-state index < -0.39 is 34.5 Å². The molecule has 9 nitrogen and oxygen atoms in total. The third-order valence-corrected chi connectivity index (χ3v) is 4.88. The molecule has 0 aliphatic heterocycles. The van der Waals surface area contributed by atoms with Crippen LogP contribution in [-0.4, -0.2) is 37.5 Å². The molecule has 0 radical (unpaired) electrons. The topological polar surface area (TPSA) is 120 Å². The van der Waals surface area contributed by atoms with Crippen LogP contribution in [0.1, 0.15) is 51.2 Å². The molecule has 0 aliphatic rings. The van der Waals surface area contributed by atoms with Gasteiger partial charge in [-0.3, -0.25) is 19.0 Å². The summed E-state index contributed by atoms with van der Waals surface area (Å²) in [5.41, 5.74) is -0.419. The molecule has 0 bridgehead atoms. The summed E-state index contributed by atoms with van der Waals surface area (Å²) < 4.78 is 20.0. The SMILES string of the molecule is CC(C)C(NC(=O)Cn1c(-c2ccc(F)cc2)nccc1=O)C(=O)c1nnc(C(C)(C)C)o1. The van der Waals surface area contributed by atoms with E-state index in [1.165, 1.54) is 36.5 Å². The Hall–Kier alpha value is -3.69. The zero-order valence-corrected chi connectivity index (χ0v) is 19.1. The number of halogens is 1. The minimum Gasteiger partial charge on any atom is -0.418 e. The summed E-state index contributed by atoms with van der Waals surface area (Å²) in [6.07, 6.45) is 1.32. The van der Waals surface area contributed by atoms with Crippen molar-refractivity contribution in [2.45, 2.75) is 52.6 Å². The van der Waals surface area contributed by atoms with Crippen molar-refractivity contribution in [2.24, 2.45) is 5.92 Å². The monoisotopic (exact) mass is 455 g/mol. The molecule has 10 heteroatoms. The van der Waals surface area contributed by atoms with E-state index in [9.17, 15) is 18.8 Å². The average Bonchev–Trinajstić information content (AvgIpc) is 3.24. The van der Waals surface area contributed by atoms with Gasteiger partial charge in [0, 0.05) is 23.2 Å². The van der Waals surface area contributed by atoms with E-state index >= 15 is 0 Å². The molecular formula is C23H26FN5O4. The molecule has 0 saturated carbocycles. The fourth-order valence-electron chi connectivity index (χ4n) is 3.07. The number of hydrogen-bond acceptors (Lipinski definition) is 7. The van der Waals surface area contributed by atoms with Crippen molar-refractivity contribution in [1.82, 2.24) is 25.1 Å². The molecule has 0 saturated heterocycles. The number of benzene rings is 1. The van der Waals surface area contributed by atoms with Crippen LogP contribution in [0.25, 0.3) is 11.4 Å². The van der Waals surface area contributed by atoms with Gasteiger partial charge in [0.25, 0.3) is 11.4 Å². The van der Waals surface area contributed by atoms with Crippen LogP contribution in [0.3, 0.4) is 0 Å². The van der Waals surface area contributed by atoms with E-state index in [-0.39, 0.29) is 24.2 Å². The third-order valence-electron chi connectivity index (χ3n) is 4.88. The molecule has 1 unspecified atom stereocenters. The van der Waals surface area contributed by atoms with Crippen LogP contribution in [0.15, 0.2) is 45.7 Å². The van der Waals surface area contributed by atoms with Gasteiger partial charge in [0.2, 0.25) is 17.6 Å². The first-order chi connectivity index (χ1) is 15.5. The summed E-state index contributed by atoms with van der Waals surface area (Å²) in [6.45, 7) is 8.78. The first kappa shape index (κ1) is 24.0. The number of carbonyl (C=O) groups excluding carboxylic acids is 2. The van der Waals surface area contributed by atoms with Gasteiger partial charge in [0.15, 0.2) is 0 Å². The van der Waals surface area contributed by atoms with E-state index in [4.69, 9.17) is 4.42 Å². The zero-order chi connectivity index (χ0) is 24.3. The molecule has 2 heterocycles. The van der Waals surface area contributed by atoms with Gasteiger partial charge in [0.1, 0.15) is 18.2 Å². The van der Waals surface area contributed by atoms with Crippen LogP contribution < -0.4 is 10.9 Å². The molecular weight excluding hydrogens is 429 g/mol. The predicted octanol–water partition coefficient (Wildman–Crippen LogP) is 2.75. The second kappa shape index (κ2) is 9.43. The molecule has 1 N–H and O–H groups in total. The minimum absolute atomic E-state index is 0.190. The van der Waals surface area contributed by atoms with Crippen LogP contribution >= 0.6 is 0 Å². The van der Waals surface area contributed by atoms with Gasteiger partial charge in [-0.25, -0.2) is 9.37 Å². The second-order valence-electron chi connectivity index (χ2n) is 9.02. The zero-order valence-electron chi connectivity index (χ0n) is 19.1. The fourth-order valence-corrected chi connectivity index (χ4v) is 3.07. The minimum atomic E-state index is -0.938. The highest BCUT2D eigenvalue weighted by Gasteiger charge is 2.31. The summed E-state index contributed by atoms with van der Waals surface area (Å²) in [4.78, 5) is 42.4. The number of carbonyl (C=O) groups is 2. The Balaban J connectivity index is 1.83. The average molecular weight is 455 g/mol. The number of amides is 1. The Morgan fingerprint density at radius 2 is 1.79 bits per heavy atom. The molecule has 0 spiro atoms. The Morgan fingerprint density at radius 1 is 1.12 bits per heavy atom. The molecule has 33 heavy (non-hydrogen) atoms. The van der Waals surface area contributed by atoms with E-state index in [1.54, 1.807) is 13.8 Å². The first-order valence-corrected chi connectivity index (χ1v) is 10.5. The molecule has 1 amide bonds. The Kier molecular flexibility index (Phi) is 6.85. The van der Waals surface area contributed by atoms with Crippen molar-refractivity contribution in [3.63, 3.8) is 0 Å². The maximum Gasteiger partial charge on any atom is 0.286 e. The molecule has 1 aromatic carbocycles. The normalized spacial score (nSPS) is 12.6. The smallest absolute Gasteiger partial charge is 0.286 e. The molecule has 2 aromatic heterocycles. The highest BCUT2D eigenvalue weighted by atomic mass is 19.1. The lowest BCUT2D eigenvalue weighted by atomic mass is 9.97. The van der Waals surface area contributed by atoms with Crippen molar-refractivity contribution in [3.8, 4) is 11.4 Å². The summed E-state index contributed by atoms with van der Waals surface area (Å²) in [5.74, 6) is -1.48. The molecule has 3 aromatic rings. The molecule has 3 rings (SSSR count). The quantitative estimate of drug-likeness (QED) is 0.544. The van der Waals surface area contributed by atoms with Gasteiger partial charge in [-0.15, -0.1) is 10.2 Å². The molecule has 174 valence electrons. The Bertz CT molecular complexity index is 1210. The van der Waals surface area contributed by atoms with Crippen LogP contribution in [0.5, 0.6) is 0 Å². The Labute approximate surface area is 190 Å². The van der Waals surface area contributed by atoms with Crippen LogP contribution in [0.4, 0.5) is 4.39 Å². The van der Waals surface area contributed by atoms with Gasteiger partial charge in [-0.05, 0) is 30.2 Å². The lowest BCUT2D eigenvalue weighted by Crippen LogP contribution is -2.46. The fraction of sp³-hybridized carbons (Fsp3) is 0.391. The second-order valence-corrected chi connectivity index (χ2v) is 9.02. The summed E-state index contributed by atoms with van der Waals surface area (Å²) in [7, 11) is 0. The molecule has 0 fully saturated rings. The van der Waals surface area contributed by atoms with E-state index in [1.807, 2.05) is 20.8 Å². The summed E-state index contributed by atoms with van der Waals surface area (Å²) >= 11 is 0. The van der Waals surface area contributed by atoms with Crippen molar-refractivity contribution in [1.29, 1.82) is 0 Å². The largest absolute Gasteiger partial charge is 0.418 e. The van der Waals surface area contributed by atoms with Gasteiger partial charge >= 0.3 is 0 Å². The number of rotatable bonds is 7. The summed E-state index contributed by atoms with van der Waals surface area (Å²) in [5, 5.41) is 10.4. The number of nitrogens with zero attached hydrogens (tertiary/aromatic N) is 4. The molecule has 1 atom stereocenters. The van der Waals surface area contributed by atoms with Crippen molar-refractivity contribution >= 4 is 11.7 Å². The van der Waals surface area contributed by atoms with Gasteiger partial charge in [-0.2, -0.15) is 0 Å². The summed E-state index contributed by atoms with van der Waals surface area (Å²) in [6, 6.07) is 5.69.